The Morgan fingerprint density at radius 1 is 1.10 bits per heavy atom. The predicted molar refractivity (Wildman–Crippen MR) is 158 cm³/mol. The van der Waals surface area contributed by atoms with Crippen LogP contribution in [0.4, 0.5) is 10.2 Å². The molecule has 2 aliphatic rings. The maximum atomic E-state index is 14.0. The highest BCUT2D eigenvalue weighted by molar-refractivity contribution is 8.00. The van der Waals surface area contributed by atoms with Crippen LogP contribution in [-0.4, -0.2) is 45.7 Å². The molecule has 0 spiro atoms. The minimum absolute atomic E-state index is 0.133. The highest BCUT2D eigenvalue weighted by Gasteiger charge is 2.40. The van der Waals surface area contributed by atoms with Crippen molar-refractivity contribution in [3.05, 3.63) is 95.2 Å². The monoisotopic (exact) mass is 587 g/mol. The summed E-state index contributed by atoms with van der Waals surface area (Å²) in [5, 5.41) is 7.61. The van der Waals surface area contributed by atoms with Gasteiger partial charge < -0.3 is 14.8 Å². The maximum Gasteiger partial charge on any atom is 0.240 e. The number of nitrogens with zero attached hydrogens (tertiary/aromatic N) is 4. The van der Waals surface area contributed by atoms with Gasteiger partial charge in [0.25, 0.3) is 0 Å². The molecular formula is C31H30FN5O4S. The van der Waals surface area contributed by atoms with Crippen molar-refractivity contribution in [1.82, 2.24) is 20.1 Å². The molecule has 4 aromatic rings. The fourth-order valence-electron chi connectivity index (χ4n) is 5.07. The molecule has 6 rings (SSSR count). The van der Waals surface area contributed by atoms with Gasteiger partial charge >= 0.3 is 0 Å². The van der Waals surface area contributed by atoms with Crippen LogP contribution in [0.1, 0.15) is 48.5 Å². The van der Waals surface area contributed by atoms with E-state index in [2.05, 4.69) is 31.1 Å². The molecule has 0 unspecified atom stereocenters. The number of carbonyl (C=O) groups excluding carboxylic acids is 2. The standard InChI is InChI=1S/C31H30FN5O4S/c1-31(2,3)29-27-28(19-7-12-23-24(14-19)41-18-40-23)42-17-26(39)36(16-25(38)34-15-21-6-4-5-13-33-21)30(27)37(35-29)22-10-8-20(32)9-11-22/h4-14,28H,15-18H2,1-3H3,(H,34,38)/t28-/m1/s1. The van der Waals surface area contributed by atoms with Crippen molar-refractivity contribution < 1.29 is 23.5 Å². The van der Waals surface area contributed by atoms with E-state index >= 15 is 0 Å². The number of pyridine rings is 1. The Morgan fingerprint density at radius 2 is 1.88 bits per heavy atom. The highest BCUT2D eigenvalue weighted by atomic mass is 32.2. The number of amides is 2. The number of thioether (sulfide) groups is 1. The number of hydrogen-bond acceptors (Lipinski definition) is 7. The Morgan fingerprint density at radius 3 is 2.62 bits per heavy atom. The number of anilines is 1. The van der Waals surface area contributed by atoms with Crippen LogP contribution in [0.3, 0.4) is 0 Å². The van der Waals surface area contributed by atoms with Gasteiger partial charge in [-0.15, -0.1) is 11.8 Å². The van der Waals surface area contributed by atoms with Gasteiger partial charge in [-0.05, 0) is 54.1 Å². The molecule has 1 atom stereocenters. The lowest BCUT2D eigenvalue weighted by Gasteiger charge is -2.24. The molecular weight excluding hydrogens is 557 g/mol. The van der Waals surface area contributed by atoms with E-state index in [0.717, 1.165) is 16.8 Å². The third-order valence-electron chi connectivity index (χ3n) is 7.06. The van der Waals surface area contributed by atoms with Crippen LogP contribution in [0.2, 0.25) is 0 Å². The summed E-state index contributed by atoms with van der Waals surface area (Å²) < 4.78 is 26.8. The largest absolute Gasteiger partial charge is 0.454 e. The van der Waals surface area contributed by atoms with Crippen molar-refractivity contribution in [1.29, 1.82) is 0 Å². The first kappa shape index (κ1) is 27.8. The van der Waals surface area contributed by atoms with Gasteiger partial charge in [-0.2, -0.15) is 5.10 Å². The summed E-state index contributed by atoms with van der Waals surface area (Å²) >= 11 is 1.47. The molecule has 0 aliphatic carbocycles. The Labute approximate surface area is 247 Å². The summed E-state index contributed by atoms with van der Waals surface area (Å²) in [7, 11) is 0. The van der Waals surface area contributed by atoms with Crippen molar-refractivity contribution in [2.75, 3.05) is 24.0 Å². The van der Waals surface area contributed by atoms with E-state index in [0.29, 0.717) is 28.7 Å². The summed E-state index contributed by atoms with van der Waals surface area (Å²) in [6, 6.07) is 17.2. The van der Waals surface area contributed by atoms with E-state index in [9.17, 15) is 14.0 Å². The first-order valence-electron chi connectivity index (χ1n) is 13.6. The normalized spacial score (nSPS) is 16.2. The molecule has 42 heavy (non-hydrogen) atoms. The molecule has 216 valence electrons. The van der Waals surface area contributed by atoms with Crippen LogP contribution in [0.25, 0.3) is 5.69 Å². The molecule has 2 aromatic heterocycles. The summed E-state index contributed by atoms with van der Waals surface area (Å²) in [4.78, 5) is 32.8. The molecule has 0 saturated heterocycles. The number of nitrogens with one attached hydrogen (secondary N) is 1. The fourth-order valence-corrected chi connectivity index (χ4v) is 6.25. The van der Waals surface area contributed by atoms with E-state index in [1.165, 1.54) is 28.8 Å². The SMILES string of the molecule is CC(C)(C)c1nn(-c2ccc(F)cc2)c2c1[C@@H](c1ccc3c(c1)OCO3)SCC(=O)N2CC(=O)NCc1ccccn1. The van der Waals surface area contributed by atoms with Crippen molar-refractivity contribution in [3.8, 4) is 17.2 Å². The Kier molecular flexibility index (Phi) is 7.36. The fraction of sp³-hybridized carbons (Fsp3) is 0.290. The molecule has 0 radical (unpaired) electrons. The van der Waals surface area contributed by atoms with E-state index in [1.54, 1.807) is 29.1 Å². The summed E-state index contributed by atoms with van der Waals surface area (Å²) in [5.41, 5.74) is 3.36. The van der Waals surface area contributed by atoms with Crippen LogP contribution in [0, 0.1) is 5.82 Å². The van der Waals surface area contributed by atoms with Gasteiger partial charge in [-0.3, -0.25) is 19.5 Å². The van der Waals surface area contributed by atoms with Crippen molar-refractivity contribution in [2.24, 2.45) is 0 Å². The van der Waals surface area contributed by atoms with Crippen molar-refractivity contribution in [3.63, 3.8) is 0 Å². The zero-order chi connectivity index (χ0) is 29.4. The minimum atomic E-state index is -0.426. The predicted octanol–water partition coefficient (Wildman–Crippen LogP) is 4.92. The van der Waals surface area contributed by atoms with Crippen LogP contribution in [0.15, 0.2) is 66.9 Å². The summed E-state index contributed by atoms with van der Waals surface area (Å²) in [5.74, 6) is 0.962. The first-order chi connectivity index (χ1) is 20.2. The lowest BCUT2D eigenvalue weighted by Crippen LogP contribution is -2.42. The second-order valence-corrected chi connectivity index (χ2v) is 12.2. The molecule has 2 amide bonds. The summed E-state index contributed by atoms with van der Waals surface area (Å²) in [6.07, 6.45) is 1.66. The smallest absolute Gasteiger partial charge is 0.240 e. The zero-order valence-electron chi connectivity index (χ0n) is 23.5. The quantitative estimate of drug-likeness (QED) is 0.342. The second-order valence-electron chi connectivity index (χ2n) is 11.1. The third-order valence-corrected chi connectivity index (χ3v) is 8.32. The van der Waals surface area contributed by atoms with Gasteiger partial charge in [0.15, 0.2) is 11.5 Å². The average molecular weight is 588 g/mol. The number of hydrogen-bond donors (Lipinski definition) is 1. The number of ether oxygens (including phenoxy) is 2. The number of rotatable bonds is 6. The Balaban J connectivity index is 1.48. The molecule has 9 nitrogen and oxygen atoms in total. The minimum Gasteiger partial charge on any atom is -0.454 e. The van der Waals surface area contributed by atoms with Gasteiger partial charge in [-0.1, -0.05) is 32.9 Å². The van der Waals surface area contributed by atoms with E-state index in [1.807, 2.05) is 30.3 Å². The lowest BCUT2D eigenvalue weighted by molar-refractivity contribution is -0.123. The number of halogens is 1. The maximum absolute atomic E-state index is 14.0. The molecule has 0 saturated carbocycles. The van der Waals surface area contributed by atoms with E-state index < -0.39 is 5.41 Å². The molecule has 4 heterocycles. The topological polar surface area (TPSA) is 98.6 Å². The van der Waals surface area contributed by atoms with Crippen LogP contribution >= 0.6 is 11.8 Å². The average Bonchev–Trinajstić information content (AvgIpc) is 3.58. The molecule has 2 aliphatic heterocycles. The van der Waals surface area contributed by atoms with Crippen LogP contribution in [-0.2, 0) is 21.5 Å². The Hall–Kier alpha value is -4.38. The highest BCUT2D eigenvalue weighted by Crippen LogP contribution is 2.49. The third kappa shape index (κ3) is 5.44. The molecule has 2 aromatic carbocycles. The Bertz CT molecular complexity index is 1640. The zero-order valence-corrected chi connectivity index (χ0v) is 24.3. The van der Waals surface area contributed by atoms with Crippen LogP contribution in [0.5, 0.6) is 11.5 Å². The number of carbonyl (C=O) groups is 2. The molecule has 0 fully saturated rings. The van der Waals surface area contributed by atoms with E-state index in [-0.39, 0.29) is 48.5 Å². The molecule has 1 N–H and O–H groups in total. The first-order valence-corrected chi connectivity index (χ1v) is 14.6. The second kappa shape index (κ2) is 11.1. The number of fused-ring (bicyclic) bond motifs is 2. The van der Waals surface area contributed by atoms with E-state index in [4.69, 9.17) is 14.6 Å². The van der Waals surface area contributed by atoms with Crippen molar-refractivity contribution >= 4 is 29.4 Å². The lowest BCUT2D eigenvalue weighted by atomic mass is 9.87. The summed E-state index contributed by atoms with van der Waals surface area (Å²) in [6.45, 7) is 6.34. The number of benzene rings is 2. The van der Waals surface area contributed by atoms with Gasteiger partial charge in [0, 0.05) is 17.2 Å². The van der Waals surface area contributed by atoms with Gasteiger partial charge in [0.2, 0.25) is 18.6 Å². The van der Waals surface area contributed by atoms with Gasteiger partial charge in [0.1, 0.15) is 18.2 Å². The van der Waals surface area contributed by atoms with Crippen molar-refractivity contribution in [2.45, 2.75) is 38.0 Å². The number of aromatic nitrogens is 3. The van der Waals surface area contributed by atoms with Gasteiger partial charge in [-0.25, -0.2) is 9.07 Å². The molecule has 11 heteroatoms. The van der Waals surface area contributed by atoms with Crippen LogP contribution < -0.4 is 19.7 Å². The molecule has 0 bridgehead atoms. The van der Waals surface area contributed by atoms with Gasteiger partial charge in [0.05, 0.1) is 34.6 Å².